The fourth-order valence-corrected chi connectivity index (χ4v) is 3.31. The van der Waals surface area contributed by atoms with Crippen LogP contribution in [0.2, 0.25) is 0 Å². The average molecular weight is 263 g/mol. The molecule has 1 aromatic rings. The van der Waals surface area contributed by atoms with Crippen LogP contribution in [0.3, 0.4) is 0 Å². The number of hydrogen-bond donors (Lipinski definition) is 2. The van der Waals surface area contributed by atoms with Gasteiger partial charge in [-0.2, -0.15) is 0 Å². The monoisotopic (exact) mass is 263 g/mol. The molecule has 1 atom stereocenters. The number of hydrogen-bond acceptors (Lipinski definition) is 2. The Balaban J connectivity index is 2.43. The summed E-state index contributed by atoms with van der Waals surface area (Å²) in [6.45, 7) is 8.58. The van der Waals surface area contributed by atoms with Gasteiger partial charge < -0.3 is 16.0 Å². The third-order valence-corrected chi connectivity index (χ3v) is 4.10. The molecule has 0 saturated heterocycles. The summed E-state index contributed by atoms with van der Waals surface area (Å²) < 4.78 is 2.19. The highest BCUT2D eigenvalue weighted by molar-refractivity contribution is 5.74. The van der Waals surface area contributed by atoms with Gasteiger partial charge in [0.05, 0.1) is 0 Å². The number of amides is 1. The van der Waals surface area contributed by atoms with Crippen LogP contribution in [-0.4, -0.2) is 10.5 Å². The first-order valence-electron chi connectivity index (χ1n) is 6.87. The van der Waals surface area contributed by atoms with E-state index >= 15 is 0 Å². The molecule has 2 rings (SSSR count). The van der Waals surface area contributed by atoms with Crippen LogP contribution in [0, 0.1) is 5.41 Å². The van der Waals surface area contributed by atoms with E-state index in [0.29, 0.717) is 6.42 Å². The van der Waals surface area contributed by atoms with Gasteiger partial charge in [-0.15, -0.1) is 0 Å². The van der Waals surface area contributed by atoms with Crippen molar-refractivity contribution in [2.24, 2.45) is 16.9 Å². The van der Waals surface area contributed by atoms with Crippen molar-refractivity contribution in [3.63, 3.8) is 0 Å². The first kappa shape index (κ1) is 14.1. The maximum atomic E-state index is 11.3. The summed E-state index contributed by atoms with van der Waals surface area (Å²) in [4.78, 5) is 11.3. The third-order valence-electron chi connectivity index (χ3n) is 4.10. The summed E-state index contributed by atoms with van der Waals surface area (Å²) in [6.07, 6.45) is 4.38. The Kier molecular flexibility index (Phi) is 3.25. The second-order valence-electron chi connectivity index (χ2n) is 7.19. The molecule has 0 bridgehead atoms. The van der Waals surface area contributed by atoms with E-state index in [4.69, 9.17) is 11.5 Å². The lowest BCUT2D eigenvalue weighted by atomic mass is 9.74. The summed E-state index contributed by atoms with van der Waals surface area (Å²) in [6, 6.07) is 2.18. The van der Waals surface area contributed by atoms with E-state index in [1.165, 1.54) is 11.3 Å². The SMILES string of the molecule is CC1(C)Cc2c(ccn2C(C)(C)CC(N)=O)C(N)C1. The van der Waals surface area contributed by atoms with Gasteiger partial charge >= 0.3 is 0 Å². The minimum atomic E-state index is -0.299. The van der Waals surface area contributed by atoms with Crippen LogP contribution in [0.5, 0.6) is 0 Å². The molecular weight excluding hydrogens is 238 g/mol. The number of nitrogens with two attached hydrogens (primary N) is 2. The van der Waals surface area contributed by atoms with Gasteiger partial charge in [0, 0.05) is 29.9 Å². The Bertz CT molecular complexity index is 499. The molecule has 0 saturated carbocycles. The molecule has 1 heterocycles. The molecule has 4 heteroatoms. The predicted octanol–water partition coefficient (Wildman–Crippen LogP) is 2.07. The topological polar surface area (TPSA) is 74.0 Å². The zero-order valence-electron chi connectivity index (χ0n) is 12.4. The average Bonchev–Trinajstić information content (AvgIpc) is 2.57. The molecule has 4 nitrogen and oxygen atoms in total. The van der Waals surface area contributed by atoms with Gasteiger partial charge in [-0.25, -0.2) is 0 Å². The quantitative estimate of drug-likeness (QED) is 0.876. The summed E-state index contributed by atoms with van der Waals surface area (Å²) in [5.41, 5.74) is 14.0. The molecule has 1 aromatic heterocycles. The smallest absolute Gasteiger partial charge is 0.219 e. The van der Waals surface area contributed by atoms with Gasteiger partial charge in [-0.1, -0.05) is 13.8 Å². The molecule has 0 fully saturated rings. The van der Waals surface area contributed by atoms with Gasteiger partial charge in [0.15, 0.2) is 0 Å². The van der Waals surface area contributed by atoms with E-state index in [0.717, 1.165) is 12.8 Å². The molecule has 0 spiro atoms. The molecule has 1 aliphatic rings. The standard InChI is InChI=1S/C15H25N3O/c1-14(2)7-11(16)10-5-6-18(12(10)8-14)15(3,4)9-13(17)19/h5-6,11H,7-9,16H2,1-4H3,(H2,17,19). The summed E-state index contributed by atoms with van der Waals surface area (Å²) >= 11 is 0. The van der Waals surface area contributed by atoms with Crippen LogP contribution in [0.15, 0.2) is 12.3 Å². The molecule has 0 radical (unpaired) electrons. The molecule has 0 aliphatic heterocycles. The zero-order valence-corrected chi connectivity index (χ0v) is 12.4. The Morgan fingerprint density at radius 1 is 1.53 bits per heavy atom. The number of aromatic nitrogens is 1. The second kappa shape index (κ2) is 4.37. The third kappa shape index (κ3) is 2.68. The number of carbonyl (C=O) groups excluding carboxylic acids is 1. The molecule has 4 N–H and O–H groups in total. The number of rotatable bonds is 3. The normalized spacial score (nSPS) is 22.1. The van der Waals surface area contributed by atoms with Gasteiger partial charge in [-0.3, -0.25) is 4.79 Å². The predicted molar refractivity (Wildman–Crippen MR) is 76.6 cm³/mol. The minimum absolute atomic E-state index is 0.0874. The van der Waals surface area contributed by atoms with Crippen molar-refractivity contribution in [2.45, 2.75) is 58.5 Å². The summed E-state index contributed by atoms with van der Waals surface area (Å²) in [5.74, 6) is -0.271. The van der Waals surface area contributed by atoms with Crippen molar-refractivity contribution in [1.82, 2.24) is 4.57 Å². The molecule has 0 aromatic carbocycles. The maximum Gasteiger partial charge on any atom is 0.219 e. The van der Waals surface area contributed by atoms with Crippen LogP contribution in [0.4, 0.5) is 0 Å². The van der Waals surface area contributed by atoms with Gasteiger partial charge in [-0.05, 0) is 43.7 Å². The molecular formula is C15H25N3O. The van der Waals surface area contributed by atoms with E-state index in [-0.39, 0.29) is 22.9 Å². The van der Waals surface area contributed by atoms with E-state index in [1.807, 2.05) is 13.8 Å². The van der Waals surface area contributed by atoms with Gasteiger partial charge in [0.25, 0.3) is 0 Å². The first-order chi connectivity index (χ1) is 8.62. The van der Waals surface area contributed by atoms with E-state index in [1.54, 1.807) is 0 Å². The lowest BCUT2D eigenvalue weighted by Gasteiger charge is -2.37. The largest absolute Gasteiger partial charge is 0.370 e. The molecule has 1 amide bonds. The molecule has 1 unspecified atom stereocenters. The van der Waals surface area contributed by atoms with Crippen LogP contribution in [0.1, 0.15) is 57.8 Å². The van der Waals surface area contributed by atoms with E-state index in [9.17, 15) is 4.79 Å². The highest BCUT2D eigenvalue weighted by atomic mass is 16.1. The fraction of sp³-hybridized carbons (Fsp3) is 0.667. The number of nitrogens with zero attached hydrogens (tertiary/aromatic N) is 1. The molecule has 106 valence electrons. The van der Waals surface area contributed by atoms with Crippen molar-refractivity contribution in [2.75, 3.05) is 0 Å². The van der Waals surface area contributed by atoms with Gasteiger partial charge in [0.1, 0.15) is 0 Å². The van der Waals surface area contributed by atoms with Crippen molar-refractivity contribution in [1.29, 1.82) is 0 Å². The van der Waals surface area contributed by atoms with Crippen LogP contribution >= 0.6 is 0 Å². The lowest BCUT2D eigenvalue weighted by molar-refractivity contribution is -0.119. The molecule has 19 heavy (non-hydrogen) atoms. The number of carbonyl (C=O) groups is 1. The highest BCUT2D eigenvalue weighted by Crippen LogP contribution is 2.41. The van der Waals surface area contributed by atoms with Crippen LogP contribution < -0.4 is 11.5 Å². The Labute approximate surface area is 115 Å². The maximum absolute atomic E-state index is 11.3. The molecule has 1 aliphatic carbocycles. The second-order valence-corrected chi connectivity index (χ2v) is 7.19. The van der Waals surface area contributed by atoms with Crippen molar-refractivity contribution in [3.8, 4) is 0 Å². The Morgan fingerprint density at radius 2 is 2.16 bits per heavy atom. The minimum Gasteiger partial charge on any atom is -0.370 e. The Morgan fingerprint density at radius 3 is 2.74 bits per heavy atom. The van der Waals surface area contributed by atoms with Crippen LogP contribution in [0.25, 0.3) is 0 Å². The van der Waals surface area contributed by atoms with Gasteiger partial charge in [0.2, 0.25) is 5.91 Å². The van der Waals surface area contributed by atoms with Crippen molar-refractivity contribution >= 4 is 5.91 Å². The fourth-order valence-electron chi connectivity index (χ4n) is 3.31. The van der Waals surface area contributed by atoms with Crippen LogP contribution in [-0.2, 0) is 16.8 Å². The summed E-state index contributed by atoms with van der Waals surface area (Å²) in [5, 5.41) is 0. The number of primary amides is 1. The zero-order chi connectivity index (χ0) is 14.4. The summed E-state index contributed by atoms with van der Waals surface area (Å²) in [7, 11) is 0. The van der Waals surface area contributed by atoms with Crippen molar-refractivity contribution in [3.05, 3.63) is 23.5 Å². The van der Waals surface area contributed by atoms with E-state index < -0.39 is 0 Å². The number of fused-ring (bicyclic) bond motifs is 1. The Hall–Kier alpha value is -1.29. The first-order valence-corrected chi connectivity index (χ1v) is 6.87. The van der Waals surface area contributed by atoms with E-state index in [2.05, 4.69) is 30.7 Å². The van der Waals surface area contributed by atoms with Crippen molar-refractivity contribution < 1.29 is 4.79 Å². The highest BCUT2D eigenvalue weighted by Gasteiger charge is 2.35. The lowest BCUT2D eigenvalue weighted by Crippen LogP contribution is -2.36.